The van der Waals surface area contributed by atoms with Crippen LogP contribution in [0.5, 0.6) is 11.5 Å². The predicted octanol–water partition coefficient (Wildman–Crippen LogP) is 1.31. The second kappa shape index (κ2) is 3.15. The number of esters is 2. The van der Waals surface area contributed by atoms with Gasteiger partial charge in [0.25, 0.3) is 0 Å². The minimum atomic E-state index is -1.18. The molecule has 3 aliphatic rings. The van der Waals surface area contributed by atoms with Crippen LogP contribution in [-0.4, -0.2) is 19.5 Å². The Labute approximate surface area is 126 Å². The molecule has 5 rings (SSSR count). The Kier molecular flexibility index (Phi) is 1.83. The van der Waals surface area contributed by atoms with Crippen LogP contribution in [0, 0.1) is 0 Å². The Morgan fingerprint density at radius 2 is 2.26 bits per heavy atom. The van der Waals surface area contributed by atoms with E-state index in [1.165, 1.54) is 0 Å². The number of carbonyl (C=O) groups is 2. The molecule has 2 N–H and O–H groups in total. The van der Waals surface area contributed by atoms with Crippen molar-refractivity contribution in [1.29, 1.82) is 0 Å². The van der Waals surface area contributed by atoms with Crippen molar-refractivity contribution in [3.05, 3.63) is 11.6 Å². The van der Waals surface area contributed by atoms with Crippen LogP contribution in [0.2, 0.25) is 0 Å². The van der Waals surface area contributed by atoms with E-state index in [1.54, 1.807) is 6.07 Å². The van der Waals surface area contributed by atoms with Crippen LogP contribution >= 0.6 is 43.0 Å². The van der Waals surface area contributed by atoms with E-state index in [2.05, 4.69) is 29.7 Å². The molecule has 2 bridgehead atoms. The summed E-state index contributed by atoms with van der Waals surface area (Å²) in [6.07, 6.45) is 0. The summed E-state index contributed by atoms with van der Waals surface area (Å²) in [5, 5.41) is 0. The molecule has 0 aromatic carbocycles. The molecule has 98 valence electrons. The summed E-state index contributed by atoms with van der Waals surface area (Å²) in [6.45, 7) is 0. The van der Waals surface area contributed by atoms with Crippen LogP contribution in [0.4, 0.5) is 0 Å². The fourth-order valence-electron chi connectivity index (χ4n) is 2.12. The van der Waals surface area contributed by atoms with Gasteiger partial charge in [0.05, 0.1) is 0 Å². The van der Waals surface area contributed by atoms with E-state index in [4.69, 9.17) is 13.9 Å². The number of nitrogens with one attached hydrogen (secondary N) is 2. The predicted molar refractivity (Wildman–Crippen MR) is 78.8 cm³/mol. The summed E-state index contributed by atoms with van der Waals surface area (Å²) in [5.74, 6) is -0.372. The molecular weight excluding hydrogens is 482 g/mol. The second-order valence-electron chi connectivity index (χ2n) is 4.37. The second-order valence-corrected chi connectivity index (χ2v) is 10.0. The number of benzene rings is 1. The zero-order valence-electron chi connectivity index (χ0n) is 8.95. The van der Waals surface area contributed by atoms with E-state index >= 15 is 0 Å². The number of rotatable bonds is 3. The van der Waals surface area contributed by atoms with Gasteiger partial charge in [-0.05, 0) is 0 Å². The van der Waals surface area contributed by atoms with Crippen molar-refractivity contribution in [3.63, 3.8) is 0 Å². The van der Waals surface area contributed by atoms with Gasteiger partial charge in [-0.3, -0.25) is 0 Å². The molecule has 1 unspecified atom stereocenters. The van der Waals surface area contributed by atoms with Crippen LogP contribution in [-0.2, 0) is 4.79 Å². The SMILES string of the molecule is O=C1Oc2c(OC(=O)C(I)C34NI3N4)c3cc1c2o3. The van der Waals surface area contributed by atoms with Crippen molar-refractivity contribution in [2.45, 2.75) is 7.59 Å². The summed E-state index contributed by atoms with van der Waals surface area (Å²) in [6, 6.07) is 1.54. The molecule has 0 spiro atoms. The normalized spacial score (nSPS) is 24.3. The number of carbonyl (C=O) groups excluding carboxylic acids is 2. The number of fused-ring (bicyclic) bond motifs is 2. The Bertz CT molecular complexity index is 765. The maximum absolute atomic E-state index is 12.1. The van der Waals surface area contributed by atoms with E-state index in [9.17, 15) is 9.59 Å². The van der Waals surface area contributed by atoms with E-state index in [0.29, 0.717) is 16.7 Å². The van der Waals surface area contributed by atoms with Gasteiger partial charge in [0.15, 0.2) is 0 Å². The van der Waals surface area contributed by atoms with Gasteiger partial charge in [0.2, 0.25) is 0 Å². The summed E-state index contributed by atoms with van der Waals surface area (Å²) < 4.78 is 21.9. The van der Waals surface area contributed by atoms with Gasteiger partial charge >= 0.3 is 127 Å². The third-order valence-electron chi connectivity index (χ3n) is 3.23. The fraction of sp³-hybridized carbons (Fsp3) is 0.200. The number of hydrogen-bond donors (Lipinski definition) is 2. The first-order valence-electron chi connectivity index (χ1n) is 5.32. The molecule has 5 heterocycles. The number of hydrogen-bond acceptors (Lipinski definition) is 7. The average Bonchev–Trinajstić information content (AvgIpc) is 3.10. The topological polar surface area (TPSA) is 110 Å². The Hall–Kier alpha value is -0.660. The van der Waals surface area contributed by atoms with Crippen LogP contribution in [0.25, 0.3) is 11.2 Å². The van der Waals surface area contributed by atoms with Gasteiger partial charge < -0.3 is 0 Å². The Morgan fingerprint density at radius 3 is 2.95 bits per heavy atom. The average molecular weight is 486 g/mol. The zero-order valence-corrected chi connectivity index (χ0v) is 13.3. The molecule has 0 saturated carbocycles. The molecule has 3 aliphatic heterocycles. The molecule has 19 heavy (non-hydrogen) atoms. The van der Waals surface area contributed by atoms with Crippen LogP contribution in [0.3, 0.4) is 0 Å². The Morgan fingerprint density at radius 1 is 1.53 bits per heavy atom. The maximum atomic E-state index is 12.1. The third kappa shape index (κ3) is 1.24. The summed E-state index contributed by atoms with van der Waals surface area (Å²) in [5.41, 5.74) is 1.15. The molecule has 0 amide bonds. The van der Waals surface area contributed by atoms with E-state index in [0.717, 1.165) is 0 Å². The molecule has 7 nitrogen and oxygen atoms in total. The van der Waals surface area contributed by atoms with Gasteiger partial charge in [-0.25, -0.2) is 0 Å². The number of furan rings is 2. The first-order chi connectivity index (χ1) is 9.10. The van der Waals surface area contributed by atoms with Gasteiger partial charge in [-0.1, -0.05) is 0 Å². The van der Waals surface area contributed by atoms with E-state index in [-0.39, 0.29) is 25.1 Å². The van der Waals surface area contributed by atoms with Crippen molar-refractivity contribution in [1.82, 2.24) is 7.06 Å². The van der Waals surface area contributed by atoms with E-state index in [1.807, 2.05) is 0 Å². The standard InChI is InChI=1S/C10H4I2N2O5/c11-7(10-12(13-10)14-10)9(16)18-5-3-1-2-4(17-3)6(5)19-8(2)15/h1,7,13-14H. The summed E-state index contributed by atoms with van der Waals surface area (Å²) in [4.78, 5) is 23.5. The number of halogens is 2. The first kappa shape index (κ1) is 11.0. The summed E-state index contributed by atoms with van der Waals surface area (Å²) in [7, 11) is 0. The molecule has 0 radical (unpaired) electrons. The minimum absolute atomic E-state index is 0.142. The first-order valence-corrected chi connectivity index (χ1v) is 9.80. The van der Waals surface area contributed by atoms with Crippen LogP contribution in [0.1, 0.15) is 10.4 Å². The third-order valence-corrected chi connectivity index (χ3v) is 10.4. The van der Waals surface area contributed by atoms with Crippen LogP contribution < -0.4 is 16.5 Å². The van der Waals surface area contributed by atoms with Crippen molar-refractivity contribution in [2.24, 2.45) is 0 Å². The zero-order chi connectivity index (χ0) is 12.9. The van der Waals surface area contributed by atoms with Crippen molar-refractivity contribution < 1.29 is 23.5 Å². The molecule has 0 aliphatic carbocycles. The molecule has 1 atom stereocenters. The number of alkyl halides is 2. The molecule has 2 aromatic heterocycles. The van der Waals surface area contributed by atoms with E-state index < -0.39 is 26.3 Å². The van der Waals surface area contributed by atoms with Crippen molar-refractivity contribution >= 4 is 66.1 Å². The number of ether oxygens (including phenoxy) is 2. The molecular formula is C10H4I2N2O5. The van der Waals surface area contributed by atoms with Crippen LogP contribution in [0.15, 0.2) is 10.5 Å². The summed E-state index contributed by atoms with van der Waals surface area (Å²) >= 11 is 0.884. The van der Waals surface area contributed by atoms with Crippen molar-refractivity contribution in [2.75, 3.05) is 0 Å². The monoisotopic (exact) mass is 486 g/mol. The van der Waals surface area contributed by atoms with Crippen molar-refractivity contribution in [3.8, 4) is 11.5 Å². The molecule has 2 aromatic rings. The quantitative estimate of drug-likeness (QED) is 0.128. The molecule has 2 saturated heterocycles. The molecule has 9 heteroatoms. The van der Waals surface area contributed by atoms with Gasteiger partial charge in [0, 0.05) is 0 Å². The fourth-order valence-corrected chi connectivity index (χ4v) is 9.49. The van der Waals surface area contributed by atoms with Gasteiger partial charge in [0.1, 0.15) is 0 Å². The van der Waals surface area contributed by atoms with Gasteiger partial charge in [-0.2, -0.15) is 0 Å². The Balaban J connectivity index is 1.47. The molecule has 2 fully saturated rings. The van der Waals surface area contributed by atoms with Gasteiger partial charge in [-0.15, -0.1) is 0 Å².